The summed E-state index contributed by atoms with van der Waals surface area (Å²) in [5, 5.41) is 5.06. The van der Waals surface area contributed by atoms with E-state index in [0.29, 0.717) is 39.6 Å². The highest BCUT2D eigenvalue weighted by Gasteiger charge is 2.26. The van der Waals surface area contributed by atoms with Crippen molar-refractivity contribution >= 4 is 22.4 Å². The first-order chi connectivity index (χ1) is 17.2. The Balaban J connectivity index is 1.67. The molecule has 3 heterocycles. The molecular weight excluding hydrogens is 442 g/mol. The van der Waals surface area contributed by atoms with Gasteiger partial charge >= 0.3 is 0 Å². The zero-order chi connectivity index (χ0) is 23.9. The van der Waals surface area contributed by atoms with Gasteiger partial charge in [-0.3, -0.25) is 9.36 Å². The Hall–Kier alpha value is -4.72. The van der Waals surface area contributed by atoms with Crippen molar-refractivity contribution in [3.8, 4) is 28.6 Å². The summed E-state index contributed by atoms with van der Waals surface area (Å²) in [6, 6.07) is 23.0. The normalized spacial score (nSPS) is 12.5. The van der Waals surface area contributed by atoms with E-state index in [2.05, 4.69) is 5.10 Å². The van der Waals surface area contributed by atoms with Gasteiger partial charge in [0.15, 0.2) is 17.3 Å². The summed E-state index contributed by atoms with van der Waals surface area (Å²) < 4.78 is 14.3. The zero-order valence-corrected chi connectivity index (χ0v) is 19.2. The fourth-order valence-electron chi connectivity index (χ4n) is 4.37. The van der Waals surface area contributed by atoms with Gasteiger partial charge in [0.25, 0.3) is 5.56 Å². The predicted octanol–water partition coefficient (Wildman–Crippen LogP) is 4.40. The van der Waals surface area contributed by atoms with Crippen LogP contribution in [0.2, 0.25) is 0 Å². The summed E-state index contributed by atoms with van der Waals surface area (Å²) in [5.41, 5.74) is 3.54. The minimum Gasteiger partial charge on any atom is -0.493 e. The van der Waals surface area contributed by atoms with Crippen molar-refractivity contribution in [1.82, 2.24) is 19.3 Å². The molecule has 1 aliphatic heterocycles. The molecule has 0 atom stereocenters. The first-order valence-electron chi connectivity index (χ1n) is 11.1. The van der Waals surface area contributed by atoms with E-state index in [4.69, 9.17) is 19.5 Å². The van der Waals surface area contributed by atoms with E-state index in [-0.39, 0.29) is 12.1 Å². The molecule has 3 aromatic carbocycles. The quantitative estimate of drug-likeness (QED) is 0.395. The van der Waals surface area contributed by atoms with Crippen molar-refractivity contribution < 1.29 is 9.47 Å². The van der Waals surface area contributed by atoms with E-state index in [9.17, 15) is 4.79 Å². The van der Waals surface area contributed by atoms with Gasteiger partial charge in [-0.1, -0.05) is 48.5 Å². The lowest BCUT2D eigenvalue weighted by atomic mass is 10.1. The van der Waals surface area contributed by atoms with Crippen molar-refractivity contribution in [3.63, 3.8) is 0 Å². The zero-order valence-electron chi connectivity index (χ0n) is 19.2. The fraction of sp³-hybridized carbons (Fsp3) is 0.111. The number of methoxy groups -OCH3 is 2. The molecule has 0 N–H and O–H groups in total. The summed E-state index contributed by atoms with van der Waals surface area (Å²) >= 11 is 0. The maximum absolute atomic E-state index is 13.8. The first kappa shape index (κ1) is 20.9. The van der Waals surface area contributed by atoms with Crippen molar-refractivity contribution in [2.24, 2.45) is 4.99 Å². The third-order valence-corrected chi connectivity index (χ3v) is 6.10. The van der Waals surface area contributed by atoms with E-state index >= 15 is 0 Å². The summed E-state index contributed by atoms with van der Waals surface area (Å²) in [5.74, 6) is 2.10. The summed E-state index contributed by atoms with van der Waals surface area (Å²) in [6.45, 7) is 0.263. The van der Waals surface area contributed by atoms with Crippen molar-refractivity contribution in [2.75, 3.05) is 14.2 Å². The molecule has 5 aromatic rings. The minimum absolute atomic E-state index is 0.185. The topological polar surface area (TPSA) is 83.5 Å². The summed E-state index contributed by atoms with van der Waals surface area (Å²) in [4.78, 5) is 23.7. The number of hydrogen-bond acceptors (Lipinski definition) is 6. The van der Waals surface area contributed by atoms with Gasteiger partial charge < -0.3 is 9.47 Å². The molecule has 6 rings (SSSR count). The standard InChI is InChI=1S/C27H21N5O3/c1-34-23-13-19-21(14-24(23)35-2)29-25-20-15-28-32(18-11-7-4-8-12-18)26(20)30-22(16-31(25)27(19)33)17-9-5-3-6-10-17/h3-15H,16H2,1-2H3. The van der Waals surface area contributed by atoms with Crippen molar-refractivity contribution in [3.05, 3.63) is 94.9 Å². The van der Waals surface area contributed by atoms with E-state index in [1.807, 2.05) is 60.7 Å². The van der Waals surface area contributed by atoms with Crippen LogP contribution in [0.25, 0.3) is 28.0 Å². The SMILES string of the molecule is COc1cc2nc3n(c(=O)c2cc1OC)CC(c1ccccc1)=Nc1c-3cnn1-c1ccccc1. The van der Waals surface area contributed by atoms with E-state index in [0.717, 1.165) is 17.0 Å². The van der Waals surface area contributed by atoms with Gasteiger partial charge in [0.2, 0.25) is 0 Å². The van der Waals surface area contributed by atoms with Gasteiger partial charge in [0.1, 0.15) is 5.82 Å². The molecule has 0 unspecified atom stereocenters. The van der Waals surface area contributed by atoms with Gasteiger partial charge in [-0.2, -0.15) is 5.10 Å². The molecule has 0 saturated carbocycles. The van der Waals surface area contributed by atoms with Gasteiger partial charge in [-0.15, -0.1) is 0 Å². The Morgan fingerprint density at radius 2 is 1.57 bits per heavy atom. The highest BCUT2D eigenvalue weighted by molar-refractivity contribution is 6.03. The van der Waals surface area contributed by atoms with Crippen LogP contribution >= 0.6 is 0 Å². The maximum atomic E-state index is 13.8. The van der Waals surface area contributed by atoms with Gasteiger partial charge in [-0.05, 0) is 23.8 Å². The average Bonchev–Trinajstić information content (AvgIpc) is 3.25. The van der Waals surface area contributed by atoms with Gasteiger partial charge in [0.05, 0.1) is 54.8 Å². The molecular formula is C27H21N5O3. The number of ether oxygens (including phenoxy) is 2. The van der Waals surface area contributed by atoms with Crippen LogP contribution in [0.3, 0.4) is 0 Å². The first-order valence-corrected chi connectivity index (χ1v) is 11.1. The van der Waals surface area contributed by atoms with E-state index < -0.39 is 0 Å². The molecule has 172 valence electrons. The Morgan fingerprint density at radius 3 is 2.29 bits per heavy atom. The van der Waals surface area contributed by atoms with Crippen LogP contribution in [0.4, 0.5) is 5.82 Å². The fourth-order valence-corrected chi connectivity index (χ4v) is 4.37. The molecule has 0 spiro atoms. The molecule has 0 bridgehead atoms. The Morgan fingerprint density at radius 1 is 0.886 bits per heavy atom. The number of para-hydroxylation sites is 1. The molecule has 8 nitrogen and oxygen atoms in total. The molecule has 0 aliphatic carbocycles. The number of fused-ring (bicyclic) bond motifs is 4. The Bertz CT molecular complexity index is 1650. The number of nitrogens with zero attached hydrogens (tertiary/aromatic N) is 5. The van der Waals surface area contributed by atoms with Crippen LogP contribution in [0, 0.1) is 0 Å². The van der Waals surface area contributed by atoms with Crippen LogP contribution in [0.5, 0.6) is 11.5 Å². The molecule has 0 saturated heterocycles. The van der Waals surface area contributed by atoms with Crippen LogP contribution in [-0.2, 0) is 6.54 Å². The number of aromatic nitrogens is 4. The molecule has 0 amide bonds. The van der Waals surface area contributed by atoms with Gasteiger partial charge in [-0.25, -0.2) is 14.7 Å². The van der Waals surface area contributed by atoms with Crippen LogP contribution < -0.4 is 15.0 Å². The Labute approximate surface area is 200 Å². The highest BCUT2D eigenvalue weighted by atomic mass is 16.5. The van der Waals surface area contributed by atoms with E-state index in [1.165, 1.54) is 0 Å². The second-order valence-electron chi connectivity index (χ2n) is 8.10. The molecule has 0 fully saturated rings. The van der Waals surface area contributed by atoms with Crippen LogP contribution in [0.15, 0.2) is 88.8 Å². The lowest BCUT2D eigenvalue weighted by Crippen LogP contribution is -2.26. The summed E-state index contributed by atoms with van der Waals surface area (Å²) in [7, 11) is 3.10. The smallest absolute Gasteiger partial charge is 0.262 e. The van der Waals surface area contributed by atoms with E-state index in [1.54, 1.807) is 41.8 Å². The minimum atomic E-state index is -0.185. The second kappa shape index (κ2) is 8.25. The van der Waals surface area contributed by atoms with Crippen molar-refractivity contribution in [2.45, 2.75) is 6.54 Å². The summed E-state index contributed by atoms with van der Waals surface area (Å²) in [6.07, 6.45) is 1.71. The molecule has 2 aromatic heterocycles. The highest BCUT2D eigenvalue weighted by Crippen LogP contribution is 2.36. The lowest BCUT2D eigenvalue weighted by molar-refractivity contribution is 0.355. The van der Waals surface area contributed by atoms with Crippen molar-refractivity contribution in [1.29, 1.82) is 0 Å². The molecule has 35 heavy (non-hydrogen) atoms. The Kier molecular flexibility index (Phi) is 4.92. The monoisotopic (exact) mass is 463 g/mol. The number of aliphatic imine (C=N–C) groups is 1. The lowest BCUT2D eigenvalue weighted by Gasteiger charge is -2.14. The average molecular weight is 463 g/mol. The van der Waals surface area contributed by atoms with Gasteiger partial charge in [0, 0.05) is 6.07 Å². The third-order valence-electron chi connectivity index (χ3n) is 6.10. The second-order valence-corrected chi connectivity index (χ2v) is 8.10. The van der Waals surface area contributed by atoms with Crippen LogP contribution in [0.1, 0.15) is 5.56 Å². The maximum Gasteiger partial charge on any atom is 0.262 e. The largest absolute Gasteiger partial charge is 0.493 e. The number of benzene rings is 3. The van der Waals surface area contributed by atoms with Crippen LogP contribution in [-0.4, -0.2) is 39.3 Å². The third kappa shape index (κ3) is 3.38. The number of hydrogen-bond donors (Lipinski definition) is 0. The number of rotatable bonds is 4. The predicted molar refractivity (Wildman–Crippen MR) is 134 cm³/mol. The molecule has 1 aliphatic rings. The molecule has 0 radical (unpaired) electrons. The molecule has 8 heteroatoms.